The van der Waals surface area contributed by atoms with Gasteiger partial charge in [0.15, 0.2) is 5.96 Å². The Hall–Kier alpha value is -0.340. The van der Waals surface area contributed by atoms with E-state index in [0.717, 1.165) is 38.2 Å². The normalized spacial score (nSPS) is 23.3. The van der Waals surface area contributed by atoms with Gasteiger partial charge in [0.1, 0.15) is 0 Å². The van der Waals surface area contributed by atoms with Gasteiger partial charge in [-0.1, -0.05) is 13.0 Å². The number of guanidine groups is 1. The molecule has 24 heavy (non-hydrogen) atoms. The summed E-state index contributed by atoms with van der Waals surface area (Å²) in [5.74, 6) is 1.61. The molecule has 2 aliphatic heterocycles. The Morgan fingerprint density at radius 1 is 1.38 bits per heavy atom. The van der Waals surface area contributed by atoms with Crippen LogP contribution >= 0.6 is 35.3 Å². The average molecular weight is 462 g/mol. The third-order valence-electron chi connectivity index (χ3n) is 5.00. The lowest BCUT2D eigenvalue weighted by atomic mass is 10.1. The van der Waals surface area contributed by atoms with Crippen molar-refractivity contribution in [3.05, 3.63) is 22.4 Å². The number of hydrogen-bond acceptors (Lipinski definition) is 3. The summed E-state index contributed by atoms with van der Waals surface area (Å²) in [6.45, 7) is 11.1. The number of halogens is 1. The molecule has 2 fully saturated rings. The number of nitrogens with one attached hydrogen (secondary N) is 1. The number of aliphatic imine (C=N–C) groups is 1. The second-order valence-corrected chi connectivity index (χ2v) is 7.72. The van der Waals surface area contributed by atoms with Gasteiger partial charge in [0.2, 0.25) is 0 Å². The quantitative estimate of drug-likeness (QED) is 0.412. The lowest BCUT2D eigenvalue weighted by Gasteiger charge is -2.25. The van der Waals surface area contributed by atoms with Crippen molar-refractivity contribution in [2.75, 3.05) is 39.3 Å². The fraction of sp³-hybridized carbons (Fsp3) is 0.722. The molecule has 0 spiro atoms. The fourth-order valence-electron chi connectivity index (χ4n) is 3.65. The van der Waals surface area contributed by atoms with Crippen LogP contribution < -0.4 is 5.32 Å². The minimum absolute atomic E-state index is 0. The van der Waals surface area contributed by atoms with E-state index in [4.69, 9.17) is 4.99 Å². The van der Waals surface area contributed by atoms with Crippen molar-refractivity contribution < 1.29 is 0 Å². The molecule has 3 rings (SSSR count). The van der Waals surface area contributed by atoms with Crippen molar-refractivity contribution in [2.45, 2.75) is 45.1 Å². The van der Waals surface area contributed by atoms with E-state index in [1.54, 1.807) is 0 Å². The first kappa shape index (κ1) is 20.0. The first-order valence-corrected chi connectivity index (χ1v) is 9.96. The van der Waals surface area contributed by atoms with Gasteiger partial charge in [0.25, 0.3) is 0 Å². The molecule has 0 radical (unpaired) electrons. The number of nitrogens with zero attached hydrogens (tertiary/aromatic N) is 3. The maximum Gasteiger partial charge on any atom is 0.193 e. The van der Waals surface area contributed by atoms with Gasteiger partial charge in [0.05, 0.1) is 6.54 Å². The predicted molar refractivity (Wildman–Crippen MR) is 115 cm³/mol. The Balaban J connectivity index is 0.00000208. The van der Waals surface area contributed by atoms with Crippen LogP contribution in [-0.2, 0) is 0 Å². The van der Waals surface area contributed by atoms with Crippen LogP contribution in [0.2, 0.25) is 0 Å². The topological polar surface area (TPSA) is 30.9 Å². The Morgan fingerprint density at radius 2 is 2.17 bits per heavy atom. The van der Waals surface area contributed by atoms with Crippen molar-refractivity contribution in [3.8, 4) is 0 Å². The smallest absolute Gasteiger partial charge is 0.193 e. The van der Waals surface area contributed by atoms with Crippen molar-refractivity contribution in [1.29, 1.82) is 0 Å². The number of rotatable bonds is 5. The van der Waals surface area contributed by atoms with Gasteiger partial charge in [-0.3, -0.25) is 9.89 Å². The maximum atomic E-state index is 4.93. The van der Waals surface area contributed by atoms with Crippen LogP contribution in [-0.4, -0.2) is 61.1 Å². The highest BCUT2D eigenvalue weighted by atomic mass is 127. The van der Waals surface area contributed by atoms with Crippen molar-refractivity contribution in [3.63, 3.8) is 0 Å². The van der Waals surface area contributed by atoms with E-state index < -0.39 is 0 Å². The third kappa shape index (κ3) is 5.08. The molecule has 136 valence electrons. The van der Waals surface area contributed by atoms with Gasteiger partial charge < -0.3 is 10.2 Å². The summed E-state index contributed by atoms with van der Waals surface area (Å²) in [6.07, 6.45) is 4.04. The Morgan fingerprint density at radius 3 is 2.83 bits per heavy atom. The molecule has 0 aromatic carbocycles. The van der Waals surface area contributed by atoms with Gasteiger partial charge >= 0.3 is 0 Å². The van der Waals surface area contributed by atoms with E-state index in [2.05, 4.69) is 46.5 Å². The van der Waals surface area contributed by atoms with Gasteiger partial charge in [-0.2, -0.15) is 0 Å². The molecule has 1 aromatic rings. The van der Waals surface area contributed by atoms with Crippen LogP contribution in [0.1, 0.15) is 43.9 Å². The lowest BCUT2D eigenvalue weighted by Crippen LogP contribution is -2.42. The second kappa shape index (κ2) is 9.97. The number of thiophene rings is 1. The first-order chi connectivity index (χ1) is 11.3. The monoisotopic (exact) mass is 462 g/mol. The number of hydrogen-bond donors (Lipinski definition) is 1. The highest BCUT2D eigenvalue weighted by Gasteiger charge is 2.30. The van der Waals surface area contributed by atoms with Gasteiger partial charge in [-0.05, 0) is 50.7 Å². The van der Waals surface area contributed by atoms with Crippen molar-refractivity contribution in [2.24, 2.45) is 4.99 Å². The molecule has 2 unspecified atom stereocenters. The molecule has 1 aromatic heterocycles. The van der Waals surface area contributed by atoms with Crippen LogP contribution in [0.3, 0.4) is 0 Å². The molecule has 0 saturated carbocycles. The summed E-state index contributed by atoms with van der Waals surface area (Å²) in [5, 5.41) is 5.65. The van der Waals surface area contributed by atoms with Gasteiger partial charge in [-0.15, -0.1) is 35.3 Å². The summed E-state index contributed by atoms with van der Waals surface area (Å²) in [7, 11) is 0. The summed E-state index contributed by atoms with van der Waals surface area (Å²) in [5.41, 5.74) is 0. The highest BCUT2D eigenvalue weighted by Crippen LogP contribution is 2.22. The number of likely N-dealkylation sites (tertiary alicyclic amines) is 2. The zero-order chi connectivity index (χ0) is 16.1. The Kier molecular flexibility index (Phi) is 8.30. The standard InChI is InChI=1S/C18H30N4S.HI/c1-3-19-18(20-13-15(2)17-7-6-12-23-17)22-11-8-16(14-22)21-9-4-5-10-21;/h6-7,12,15-16H,3-5,8-11,13-14H2,1-2H3,(H,19,20);1H. The molecule has 0 aliphatic carbocycles. The van der Waals surface area contributed by atoms with Crippen LogP contribution in [0, 0.1) is 0 Å². The van der Waals surface area contributed by atoms with E-state index in [0.29, 0.717) is 5.92 Å². The minimum atomic E-state index is 0. The van der Waals surface area contributed by atoms with Crippen LogP contribution in [0.5, 0.6) is 0 Å². The van der Waals surface area contributed by atoms with E-state index in [9.17, 15) is 0 Å². The minimum Gasteiger partial charge on any atom is -0.357 e. The summed E-state index contributed by atoms with van der Waals surface area (Å²) in [6, 6.07) is 5.08. The summed E-state index contributed by atoms with van der Waals surface area (Å²) in [4.78, 5) is 11.5. The molecule has 0 bridgehead atoms. The van der Waals surface area contributed by atoms with E-state index >= 15 is 0 Å². The predicted octanol–water partition coefficient (Wildman–Crippen LogP) is 3.61. The third-order valence-corrected chi connectivity index (χ3v) is 6.10. The summed E-state index contributed by atoms with van der Waals surface area (Å²) < 4.78 is 0. The molecule has 1 N–H and O–H groups in total. The largest absolute Gasteiger partial charge is 0.357 e. The average Bonchev–Trinajstić information content (AvgIpc) is 3.32. The lowest BCUT2D eigenvalue weighted by molar-refractivity contribution is 0.249. The highest BCUT2D eigenvalue weighted by molar-refractivity contribution is 14.0. The molecule has 3 heterocycles. The van der Waals surface area contributed by atoms with Gasteiger partial charge in [0, 0.05) is 36.5 Å². The van der Waals surface area contributed by atoms with E-state index in [-0.39, 0.29) is 24.0 Å². The Bertz CT molecular complexity index is 499. The van der Waals surface area contributed by atoms with Crippen LogP contribution in [0.25, 0.3) is 0 Å². The van der Waals surface area contributed by atoms with E-state index in [1.807, 2.05) is 11.3 Å². The van der Waals surface area contributed by atoms with E-state index in [1.165, 1.54) is 37.2 Å². The summed E-state index contributed by atoms with van der Waals surface area (Å²) >= 11 is 1.84. The zero-order valence-electron chi connectivity index (χ0n) is 14.9. The van der Waals surface area contributed by atoms with Gasteiger partial charge in [-0.25, -0.2) is 0 Å². The fourth-order valence-corrected chi connectivity index (χ4v) is 4.43. The molecule has 4 nitrogen and oxygen atoms in total. The zero-order valence-corrected chi connectivity index (χ0v) is 18.1. The molecular formula is C18H31IN4S. The van der Waals surface area contributed by atoms with Crippen LogP contribution in [0.4, 0.5) is 0 Å². The molecule has 2 atom stereocenters. The second-order valence-electron chi connectivity index (χ2n) is 6.74. The van der Waals surface area contributed by atoms with Crippen LogP contribution in [0.15, 0.2) is 22.5 Å². The molecule has 2 saturated heterocycles. The van der Waals surface area contributed by atoms with Crippen molar-refractivity contribution in [1.82, 2.24) is 15.1 Å². The molecule has 0 amide bonds. The molecular weight excluding hydrogens is 431 g/mol. The Labute approximate surface area is 167 Å². The maximum absolute atomic E-state index is 4.93. The van der Waals surface area contributed by atoms with Crippen molar-refractivity contribution >= 4 is 41.3 Å². The molecule has 2 aliphatic rings. The SMILES string of the molecule is CCNC(=NCC(C)c1cccs1)N1CCC(N2CCCC2)C1.I. The molecule has 6 heteroatoms. The first-order valence-electron chi connectivity index (χ1n) is 9.08.